The molecule has 0 radical (unpaired) electrons. The van der Waals surface area contributed by atoms with Crippen LogP contribution in [0.5, 0.6) is 0 Å². The molecule has 0 aliphatic heterocycles. The molecule has 0 unspecified atom stereocenters. The molecule has 0 saturated heterocycles. The van der Waals surface area contributed by atoms with Gasteiger partial charge in [-0.15, -0.1) is 0 Å². The number of anilines is 2. The van der Waals surface area contributed by atoms with E-state index in [1.165, 1.54) is 6.20 Å². The van der Waals surface area contributed by atoms with Gasteiger partial charge in [0.15, 0.2) is 16.7 Å². The second kappa shape index (κ2) is 10.8. The first-order valence-electron chi connectivity index (χ1n) is 11.1. The first-order valence-corrected chi connectivity index (χ1v) is 11.1. The minimum Gasteiger partial charge on any atom is -0.481 e. The number of hydrogen-bond acceptors (Lipinski definition) is 10. The highest BCUT2D eigenvalue weighted by atomic mass is 16.6. The first-order chi connectivity index (χ1) is 16.9. The van der Waals surface area contributed by atoms with E-state index in [-0.39, 0.29) is 41.0 Å². The van der Waals surface area contributed by atoms with Crippen molar-refractivity contribution >= 4 is 40.6 Å². The molecule has 7 N–H and O–H groups in total. The van der Waals surface area contributed by atoms with Crippen LogP contribution >= 0.6 is 0 Å². The number of carbonyl (C=O) groups excluding carboxylic acids is 2. The van der Waals surface area contributed by atoms with Gasteiger partial charge in [-0.25, -0.2) is 14.8 Å². The van der Waals surface area contributed by atoms with E-state index in [0.29, 0.717) is 17.9 Å². The van der Waals surface area contributed by atoms with Gasteiger partial charge >= 0.3 is 11.9 Å². The average molecular weight is 497 g/mol. The largest absolute Gasteiger partial charge is 0.481 e. The Kier molecular flexibility index (Phi) is 7.82. The number of esters is 1. The quantitative estimate of drug-likeness (QED) is 0.234. The standard InChI is InChI=1S/C23H28N8O5/c1-23(2,3)36-21(35)15(8-9-16(32)33)29-20(34)12-4-6-13(7-5-12)26-10-14-11-27-19-17(28-14)18(24)30-22(25)31-19/h4-7,11,15,26H,8-10H2,1-3H3,(H,29,34)(H,32,33)(H4,24,25,27,30,31)/t15-/m0/s1. The fourth-order valence-corrected chi connectivity index (χ4v) is 3.15. The van der Waals surface area contributed by atoms with Gasteiger partial charge in [-0.1, -0.05) is 0 Å². The van der Waals surface area contributed by atoms with Gasteiger partial charge in [-0.3, -0.25) is 15.0 Å². The highest BCUT2D eigenvalue weighted by molar-refractivity contribution is 5.97. The smallest absolute Gasteiger partial charge is 0.329 e. The number of aromatic nitrogens is 4. The van der Waals surface area contributed by atoms with Crippen molar-refractivity contribution in [2.24, 2.45) is 0 Å². The molecule has 0 fully saturated rings. The topological polar surface area (TPSA) is 209 Å². The number of aliphatic carboxylic acids is 1. The van der Waals surface area contributed by atoms with Gasteiger partial charge in [-0.05, 0) is 51.5 Å². The van der Waals surface area contributed by atoms with Crippen molar-refractivity contribution in [1.29, 1.82) is 5.41 Å². The van der Waals surface area contributed by atoms with Crippen LogP contribution in [0.2, 0.25) is 0 Å². The Bertz CT molecular complexity index is 1330. The normalized spacial score (nSPS) is 12.1. The van der Waals surface area contributed by atoms with E-state index in [1.54, 1.807) is 45.0 Å². The number of fused-ring (bicyclic) bond motifs is 1. The highest BCUT2D eigenvalue weighted by Gasteiger charge is 2.27. The molecule has 3 aromatic rings. The van der Waals surface area contributed by atoms with Crippen molar-refractivity contribution in [3.8, 4) is 0 Å². The summed E-state index contributed by atoms with van der Waals surface area (Å²) in [4.78, 5) is 51.3. The summed E-state index contributed by atoms with van der Waals surface area (Å²) in [5.74, 6) is -2.23. The molecule has 0 aliphatic carbocycles. The predicted molar refractivity (Wildman–Crippen MR) is 130 cm³/mol. The Morgan fingerprint density at radius 3 is 2.53 bits per heavy atom. The van der Waals surface area contributed by atoms with Gasteiger partial charge in [0.1, 0.15) is 11.6 Å². The molecule has 13 nitrogen and oxygen atoms in total. The minimum atomic E-state index is -1.10. The fraction of sp³-hybridized carbons (Fsp3) is 0.348. The second-order valence-electron chi connectivity index (χ2n) is 8.95. The predicted octanol–water partition coefficient (Wildman–Crippen LogP) is 1.33. The Labute approximate surface area is 206 Å². The van der Waals surface area contributed by atoms with Crippen LogP contribution in [0, 0.1) is 5.41 Å². The zero-order valence-electron chi connectivity index (χ0n) is 20.1. The maximum absolute atomic E-state index is 12.7. The molecular weight excluding hydrogens is 468 g/mol. The van der Waals surface area contributed by atoms with Crippen LogP contribution < -0.4 is 21.9 Å². The number of carbonyl (C=O) groups is 3. The van der Waals surface area contributed by atoms with Crippen LogP contribution in [0.15, 0.2) is 30.5 Å². The Morgan fingerprint density at radius 2 is 1.89 bits per heavy atom. The van der Waals surface area contributed by atoms with Crippen LogP contribution in [-0.2, 0) is 20.9 Å². The lowest BCUT2D eigenvalue weighted by Gasteiger charge is -2.24. The lowest BCUT2D eigenvalue weighted by Crippen LogP contribution is -2.44. The molecule has 1 atom stereocenters. The molecule has 0 spiro atoms. The molecule has 2 aromatic heterocycles. The first kappa shape index (κ1) is 26.1. The summed E-state index contributed by atoms with van der Waals surface area (Å²) >= 11 is 0. The summed E-state index contributed by atoms with van der Waals surface area (Å²) in [5.41, 5.74) is 6.91. The number of nitrogens with two attached hydrogens (primary N) is 1. The van der Waals surface area contributed by atoms with Crippen molar-refractivity contribution < 1.29 is 24.2 Å². The summed E-state index contributed by atoms with van der Waals surface area (Å²) < 4.78 is 5.31. The number of nitrogens with one attached hydrogen (secondary N) is 4. The van der Waals surface area contributed by atoms with Gasteiger partial charge in [0.25, 0.3) is 5.91 Å². The van der Waals surface area contributed by atoms with Gasteiger partial charge in [-0.2, -0.15) is 4.98 Å². The summed E-state index contributed by atoms with van der Waals surface area (Å²) in [6.07, 6.45) is 1.13. The van der Waals surface area contributed by atoms with E-state index >= 15 is 0 Å². The number of nitrogens with zero attached hydrogens (tertiary/aromatic N) is 3. The van der Waals surface area contributed by atoms with Crippen molar-refractivity contribution in [1.82, 2.24) is 25.3 Å². The Morgan fingerprint density at radius 1 is 1.19 bits per heavy atom. The fourth-order valence-electron chi connectivity index (χ4n) is 3.15. The zero-order chi connectivity index (χ0) is 26.5. The molecule has 36 heavy (non-hydrogen) atoms. The molecule has 0 aliphatic rings. The number of amides is 1. The number of benzene rings is 1. The zero-order valence-corrected chi connectivity index (χ0v) is 20.1. The highest BCUT2D eigenvalue weighted by Crippen LogP contribution is 2.14. The number of carboxylic acids is 1. The molecule has 3 rings (SSSR count). The number of ether oxygens (including phenoxy) is 1. The molecule has 1 amide bonds. The van der Waals surface area contributed by atoms with Gasteiger partial charge < -0.3 is 31.2 Å². The van der Waals surface area contributed by atoms with Crippen molar-refractivity contribution in [2.45, 2.75) is 51.8 Å². The Hall–Kier alpha value is -4.55. The van der Waals surface area contributed by atoms with Gasteiger partial charge in [0.2, 0.25) is 5.95 Å². The number of hydrogen-bond donors (Lipinski definition) is 6. The molecule has 1 aromatic carbocycles. The Balaban J connectivity index is 1.64. The van der Waals surface area contributed by atoms with Crippen LogP contribution in [0.3, 0.4) is 0 Å². The third-order valence-corrected chi connectivity index (χ3v) is 4.78. The third kappa shape index (κ3) is 7.22. The maximum atomic E-state index is 12.7. The van der Waals surface area contributed by atoms with E-state index in [4.69, 9.17) is 21.0 Å². The van der Waals surface area contributed by atoms with E-state index in [1.807, 2.05) is 0 Å². The summed E-state index contributed by atoms with van der Waals surface area (Å²) in [7, 11) is 0. The van der Waals surface area contributed by atoms with Crippen LogP contribution in [0.4, 0.5) is 11.6 Å². The molecule has 0 bridgehead atoms. The summed E-state index contributed by atoms with van der Waals surface area (Å²) in [6, 6.07) is 5.39. The lowest BCUT2D eigenvalue weighted by molar-refractivity contribution is -0.157. The molecule has 2 heterocycles. The van der Waals surface area contributed by atoms with Crippen LogP contribution in [-0.4, -0.2) is 54.5 Å². The van der Waals surface area contributed by atoms with Crippen molar-refractivity contribution in [3.63, 3.8) is 0 Å². The molecule has 13 heteroatoms. The lowest BCUT2D eigenvalue weighted by atomic mass is 10.1. The monoisotopic (exact) mass is 496 g/mol. The average Bonchev–Trinajstić information content (AvgIpc) is 2.79. The minimum absolute atomic E-state index is 0.00950. The molecule has 0 saturated carbocycles. The molecule has 190 valence electrons. The summed E-state index contributed by atoms with van der Waals surface area (Å²) in [5, 5.41) is 22.6. The maximum Gasteiger partial charge on any atom is 0.329 e. The number of H-pyrrole nitrogens is 1. The molecular formula is C23H28N8O5. The number of aromatic amines is 1. The van der Waals surface area contributed by atoms with Gasteiger partial charge in [0, 0.05) is 17.7 Å². The van der Waals surface area contributed by atoms with Crippen molar-refractivity contribution in [3.05, 3.63) is 47.2 Å². The number of nitrogen functional groups attached to an aromatic ring is 1. The summed E-state index contributed by atoms with van der Waals surface area (Å²) in [6.45, 7) is 5.36. The van der Waals surface area contributed by atoms with E-state index in [0.717, 1.165) is 0 Å². The SMILES string of the molecule is CC(C)(C)OC(=O)[C@H](CCC(=O)O)NC(=O)c1ccc(NCc2cnc3nc(N)[nH]c(=N)c3n2)cc1. The second-order valence-corrected chi connectivity index (χ2v) is 8.95. The third-order valence-electron chi connectivity index (χ3n) is 4.78. The number of rotatable bonds is 9. The van der Waals surface area contributed by atoms with E-state index in [2.05, 4.69) is 30.6 Å². The van der Waals surface area contributed by atoms with E-state index < -0.39 is 29.5 Å². The van der Waals surface area contributed by atoms with Gasteiger partial charge in [0.05, 0.1) is 18.4 Å². The van der Waals surface area contributed by atoms with E-state index in [9.17, 15) is 14.4 Å². The number of carboxylic acid groups (broad SMARTS) is 1. The van der Waals surface area contributed by atoms with Crippen LogP contribution in [0.1, 0.15) is 49.7 Å². The van der Waals surface area contributed by atoms with Crippen LogP contribution in [0.25, 0.3) is 11.2 Å². The van der Waals surface area contributed by atoms with Crippen molar-refractivity contribution in [2.75, 3.05) is 11.1 Å².